The number of hydrogen-bond donors (Lipinski definition) is 1. The number of likely N-dealkylation sites (tertiary alicyclic amines) is 1. The first-order valence-electron chi connectivity index (χ1n) is 6.29. The topological polar surface area (TPSA) is 66.8 Å². The highest BCUT2D eigenvalue weighted by molar-refractivity contribution is 5.98. The van der Waals surface area contributed by atoms with Crippen LogP contribution in [0.4, 0.5) is 0 Å². The number of rotatable bonds is 5. The van der Waals surface area contributed by atoms with Gasteiger partial charge in [-0.2, -0.15) is 0 Å². The number of carboxylic acid groups (broad SMARTS) is 1. The predicted molar refractivity (Wildman–Crippen MR) is 69.0 cm³/mol. The van der Waals surface area contributed by atoms with Gasteiger partial charge in [0.15, 0.2) is 0 Å². The van der Waals surface area contributed by atoms with Crippen molar-refractivity contribution in [3.05, 3.63) is 29.8 Å². The van der Waals surface area contributed by atoms with Gasteiger partial charge >= 0.3 is 5.97 Å². The monoisotopic (exact) mass is 263 g/mol. The van der Waals surface area contributed by atoms with Gasteiger partial charge in [0, 0.05) is 6.54 Å². The molecule has 1 aliphatic rings. The molecule has 1 atom stereocenters. The van der Waals surface area contributed by atoms with Crippen LogP contribution in [0.15, 0.2) is 24.3 Å². The van der Waals surface area contributed by atoms with Crippen LogP contribution in [0, 0.1) is 12.8 Å². The fraction of sp³-hybridized carbons (Fsp3) is 0.429. The van der Waals surface area contributed by atoms with E-state index in [9.17, 15) is 9.59 Å². The summed E-state index contributed by atoms with van der Waals surface area (Å²) < 4.78 is 5.55. The Kier molecular flexibility index (Phi) is 4.04. The zero-order valence-electron chi connectivity index (χ0n) is 10.8. The summed E-state index contributed by atoms with van der Waals surface area (Å²) in [6.07, 6.45) is 0.388. The Hall–Kier alpha value is -2.04. The number of amides is 1. The number of carboxylic acids is 1. The van der Waals surface area contributed by atoms with Crippen molar-refractivity contribution in [2.45, 2.75) is 13.3 Å². The van der Waals surface area contributed by atoms with E-state index in [0.717, 1.165) is 11.3 Å². The van der Waals surface area contributed by atoms with Gasteiger partial charge in [0.1, 0.15) is 18.3 Å². The molecule has 102 valence electrons. The maximum absolute atomic E-state index is 11.7. The van der Waals surface area contributed by atoms with E-state index in [1.165, 1.54) is 0 Å². The summed E-state index contributed by atoms with van der Waals surface area (Å²) >= 11 is 0. The molecule has 0 radical (unpaired) electrons. The second kappa shape index (κ2) is 5.73. The molecule has 0 aliphatic carbocycles. The van der Waals surface area contributed by atoms with Crippen molar-refractivity contribution in [2.75, 3.05) is 19.7 Å². The molecule has 1 aliphatic heterocycles. The lowest BCUT2D eigenvalue weighted by molar-refractivity contribution is -0.147. The molecule has 1 saturated heterocycles. The minimum atomic E-state index is -1.04. The fourth-order valence-corrected chi connectivity index (χ4v) is 2.17. The maximum atomic E-state index is 11.7. The number of aryl methyl sites for hydroxylation is 1. The third-order valence-corrected chi connectivity index (χ3v) is 3.22. The third kappa shape index (κ3) is 3.24. The zero-order valence-corrected chi connectivity index (χ0v) is 10.8. The van der Waals surface area contributed by atoms with Crippen molar-refractivity contribution >= 4 is 11.9 Å². The van der Waals surface area contributed by atoms with Crippen LogP contribution in [0.2, 0.25) is 0 Å². The highest BCUT2D eigenvalue weighted by Gasteiger charge is 2.36. The minimum absolute atomic E-state index is 0.305. The highest BCUT2D eigenvalue weighted by atomic mass is 16.5. The highest BCUT2D eigenvalue weighted by Crippen LogP contribution is 2.18. The van der Waals surface area contributed by atoms with Crippen molar-refractivity contribution in [2.24, 2.45) is 5.92 Å². The summed E-state index contributed by atoms with van der Waals surface area (Å²) in [5.74, 6) is -1.45. The quantitative estimate of drug-likeness (QED) is 0.813. The van der Waals surface area contributed by atoms with Crippen LogP contribution in [0.3, 0.4) is 0 Å². The van der Waals surface area contributed by atoms with Crippen LogP contribution in [0.5, 0.6) is 5.75 Å². The van der Waals surface area contributed by atoms with E-state index in [0.29, 0.717) is 26.1 Å². The Morgan fingerprint density at radius 1 is 1.53 bits per heavy atom. The summed E-state index contributed by atoms with van der Waals surface area (Å²) in [5, 5.41) is 8.86. The molecule has 5 heteroatoms. The Labute approximate surface area is 111 Å². The van der Waals surface area contributed by atoms with Crippen LogP contribution in [0.25, 0.3) is 0 Å². The first-order chi connectivity index (χ1) is 9.08. The summed E-state index contributed by atoms with van der Waals surface area (Å²) in [4.78, 5) is 24.1. The minimum Gasteiger partial charge on any atom is -0.492 e. The molecule has 2 rings (SSSR count). The van der Waals surface area contributed by atoms with Gasteiger partial charge in [0.2, 0.25) is 5.91 Å². The van der Waals surface area contributed by atoms with Crippen molar-refractivity contribution in [1.82, 2.24) is 4.90 Å². The van der Waals surface area contributed by atoms with E-state index >= 15 is 0 Å². The van der Waals surface area contributed by atoms with E-state index in [1.54, 1.807) is 4.90 Å². The van der Waals surface area contributed by atoms with Crippen molar-refractivity contribution in [1.29, 1.82) is 0 Å². The molecular formula is C14H17NO4. The number of benzene rings is 1. The van der Waals surface area contributed by atoms with Gasteiger partial charge in [-0.3, -0.25) is 9.59 Å². The molecule has 0 bridgehead atoms. The number of hydrogen-bond acceptors (Lipinski definition) is 3. The molecule has 5 nitrogen and oxygen atoms in total. The first kappa shape index (κ1) is 13.4. The van der Waals surface area contributed by atoms with Crippen LogP contribution in [-0.4, -0.2) is 41.6 Å². The smallest absolute Gasteiger partial charge is 0.316 e. The second-order valence-electron chi connectivity index (χ2n) is 4.67. The Balaban J connectivity index is 1.81. The normalized spacial score (nSPS) is 18.7. The number of aliphatic carboxylic acids is 1. The summed E-state index contributed by atoms with van der Waals surface area (Å²) in [6.45, 7) is 3.28. The summed E-state index contributed by atoms with van der Waals surface area (Å²) in [7, 11) is 0. The van der Waals surface area contributed by atoms with Crippen LogP contribution in [-0.2, 0) is 9.59 Å². The summed E-state index contributed by atoms with van der Waals surface area (Å²) in [6, 6.07) is 7.67. The van der Waals surface area contributed by atoms with E-state index in [4.69, 9.17) is 9.84 Å². The van der Waals surface area contributed by atoms with E-state index in [1.807, 2.05) is 31.2 Å². The van der Waals surface area contributed by atoms with Crippen LogP contribution >= 0.6 is 0 Å². The van der Waals surface area contributed by atoms with Gasteiger partial charge in [-0.25, -0.2) is 0 Å². The van der Waals surface area contributed by atoms with Gasteiger partial charge < -0.3 is 14.7 Å². The number of carbonyl (C=O) groups is 2. The van der Waals surface area contributed by atoms with Gasteiger partial charge in [-0.05, 0) is 31.0 Å². The summed E-state index contributed by atoms with van der Waals surface area (Å²) in [5.41, 5.74) is 1.11. The first-order valence-corrected chi connectivity index (χ1v) is 6.29. The van der Waals surface area contributed by atoms with Gasteiger partial charge in [-0.15, -0.1) is 0 Å². The lowest BCUT2D eigenvalue weighted by Crippen LogP contribution is -2.33. The van der Waals surface area contributed by atoms with Crippen molar-refractivity contribution < 1.29 is 19.4 Å². The van der Waals surface area contributed by atoms with E-state index in [2.05, 4.69) is 0 Å². The van der Waals surface area contributed by atoms with Crippen molar-refractivity contribution in [3.8, 4) is 5.75 Å². The van der Waals surface area contributed by atoms with Crippen LogP contribution < -0.4 is 4.74 Å². The van der Waals surface area contributed by atoms with Gasteiger partial charge in [0.05, 0.1) is 6.54 Å². The lowest BCUT2D eigenvalue weighted by atomic mass is 10.1. The molecule has 1 unspecified atom stereocenters. The number of carbonyl (C=O) groups excluding carboxylic acids is 1. The van der Waals surface area contributed by atoms with Gasteiger partial charge in [-0.1, -0.05) is 12.1 Å². The average molecular weight is 263 g/mol. The second-order valence-corrected chi connectivity index (χ2v) is 4.67. The molecule has 1 heterocycles. The number of ether oxygens (including phenoxy) is 1. The molecule has 19 heavy (non-hydrogen) atoms. The van der Waals surface area contributed by atoms with E-state index in [-0.39, 0.29) is 5.91 Å². The Morgan fingerprint density at radius 2 is 2.32 bits per heavy atom. The fourth-order valence-electron chi connectivity index (χ4n) is 2.17. The standard InChI is InChI=1S/C14H17NO4/c1-10-3-2-4-11(9-10)19-8-7-15-6-5-12(13(15)16)14(17)18/h2-4,9,12H,5-8H2,1H3,(H,17,18). The third-order valence-electron chi connectivity index (χ3n) is 3.22. The van der Waals surface area contributed by atoms with E-state index < -0.39 is 11.9 Å². The maximum Gasteiger partial charge on any atom is 0.316 e. The average Bonchev–Trinajstić information content (AvgIpc) is 2.71. The molecule has 1 amide bonds. The molecule has 1 N–H and O–H groups in total. The zero-order chi connectivity index (χ0) is 13.8. The Morgan fingerprint density at radius 3 is 2.95 bits per heavy atom. The largest absolute Gasteiger partial charge is 0.492 e. The molecule has 1 aromatic rings. The molecule has 1 fully saturated rings. The molecular weight excluding hydrogens is 246 g/mol. The predicted octanol–water partition coefficient (Wildman–Crippen LogP) is 1.31. The lowest BCUT2D eigenvalue weighted by Gasteiger charge is -2.16. The molecule has 0 saturated carbocycles. The molecule has 1 aromatic carbocycles. The van der Waals surface area contributed by atoms with Crippen LogP contribution in [0.1, 0.15) is 12.0 Å². The van der Waals surface area contributed by atoms with Crippen molar-refractivity contribution in [3.63, 3.8) is 0 Å². The number of nitrogens with zero attached hydrogens (tertiary/aromatic N) is 1. The molecule has 0 spiro atoms. The molecule has 0 aromatic heterocycles. The Bertz CT molecular complexity index is 486. The van der Waals surface area contributed by atoms with Gasteiger partial charge in [0.25, 0.3) is 0 Å². The SMILES string of the molecule is Cc1cccc(OCCN2CCC(C(=O)O)C2=O)c1.